The summed E-state index contributed by atoms with van der Waals surface area (Å²) in [6.45, 7) is 6.08. The van der Waals surface area contributed by atoms with Crippen LogP contribution in [0.5, 0.6) is 0 Å². The van der Waals surface area contributed by atoms with Crippen LogP contribution in [0.1, 0.15) is 51.5 Å². The van der Waals surface area contributed by atoms with Crippen LogP contribution in [0.25, 0.3) is 0 Å². The second kappa shape index (κ2) is 8.11. The van der Waals surface area contributed by atoms with Crippen LogP contribution in [0.2, 0.25) is 5.02 Å². The fourth-order valence-corrected chi connectivity index (χ4v) is 3.60. The summed E-state index contributed by atoms with van der Waals surface area (Å²) in [5.74, 6) is 0. The van der Waals surface area contributed by atoms with E-state index >= 15 is 0 Å². The monoisotopic (exact) mass is 310 g/mol. The minimum Gasteiger partial charge on any atom is -0.374 e. The van der Waals surface area contributed by atoms with Crippen molar-refractivity contribution in [3.8, 4) is 0 Å². The lowest BCUT2D eigenvalue weighted by Crippen LogP contribution is -2.52. The Kier molecular flexibility index (Phi) is 6.46. The molecule has 3 nitrogen and oxygen atoms in total. The molecule has 1 fully saturated rings. The third-order valence-electron chi connectivity index (χ3n) is 4.44. The first-order valence-electron chi connectivity index (χ1n) is 8.17. The van der Waals surface area contributed by atoms with Crippen LogP contribution >= 0.6 is 11.6 Å². The number of hydrogen-bond donors (Lipinski definition) is 1. The van der Waals surface area contributed by atoms with Gasteiger partial charge >= 0.3 is 0 Å². The molecule has 1 heterocycles. The van der Waals surface area contributed by atoms with E-state index in [4.69, 9.17) is 16.3 Å². The molecule has 1 aromatic heterocycles. The van der Waals surface area contributed by atoms with Crippen LogP contribution in [0, 0.1) is 0 Å². The van der Waals surface area contributed by atoms with E-state index in [0.717, 1.165) is 49.4 Å². The summed E-state index contributed by atoms with van der Waals surface area (Å²) >= 11 is 6.30. The average molecular weight is 311 g/mol. The number of rotatable bonds is 8. The van der Waals surface area contributed by atoms with Gasteiger partial charge in [0.1, 0.15) is 0 Å². The van der Waals surface area contributed by atoms with Gasteiger partial charge in [-0.1, -0.05) is 31.4 Å². The zero-order chi connectivity index (χ0) is 15.1. The summed E-state index contributed by atoms with van der Waals surface area (Å²) < 4.78 is 6.24. The second-order valence-electron chi connectivity index (χ2n) is 5.88. The van der Waals surface area contributed by atoms with E-state index in [1.54, 1.807) is 6.20 Å². The second-order valence-corrected chi connectivity index (χ2v) is 6.29. The number of nitrogens with zero attached hydrogens (tertiary/aromatic N) is 1. The van der Waals surface area contributed by atoms with E-state index in [1.807, 2.05) is 12.3 Å². The number of ether oxygens (including phenoxy) is 1. The van der Waals surface area contributed by atoms with E-state index in [0.29, 0.717) is 6.04 Å². The van der Waals surface area contributed by atoms with E-state index in [9.17, 15) is 0 Å². The first-order valence-corrected chi connectivity index (χ1v) is 8.55. The smallest absolute Gasteiger partial charge is 0.0837 e. The number of halogens is 1. The van der Waals surface area contributed by atoms with Crippen molar-refractivity contribution in [3.05, 3.63) is 29.0 Å². The van der Waals surface area contributed by atoms with Gasteiger partial charge in [-0.3, -0.25) is 4.98 Å². The molecule has 0 saturated heterocycles. The Hall–Kier alpha value is -0.640. The third kappa shape index (κ3) is 4.18. The maximum Gasteiger partial charge on any atom is 0.0837 e. The lowest BCUT2D eigenvalue weighted by Gasteiger charge is -2.38. The number of pyridine rings is 1. The van der Waals surface area contributed by atoms with Crippen molar-refractivity contribution in [2.24, 2.45) is 0 Å². The van der Waals surface area contributed by atoms with Gasteiger partial charge in [0.05, 0.1) is 10.6 Å². The third-order valence-corrected chi connectivity index (χ3v) is 4.78. The minimum absolute atomic E-state index is 0.0312. The van der Waals surface area contributed by atoms with Crippen LogP contribution in [0.4, 0.5) is 0 Å². The maximum absolute atomic E-state index is 6.30. The Morgan fingerprint density at radius 1 is 1.38 bits per heavy atom. The van der Waals surface area contributed by atoms with Crippen molar-refractivity contribution in [3.63, 3.8) is 0 Å². The molecule has 0 radical (unpaired) electrons. The number of aromatic nitrogens is 1. The summed E-state index contributed by atoms with van der Waals surface area (Å²) in [6.07, 6.45) is 10.4. The molecular formula is C17H27ClN2O. The van der Waals surface area contributed by atoms with Gasteiger partial charge in [-0.15, -0.1) is 0 Å². The lowest BCUT2D eigenvalue weighted by molar-refractivity contribution is -0.0612. The van der Waals surface area contributed by atoms with Crippen molar-refractivity contribution in [1.29, 1.82) is 0 Å². The molecule has 0 bridgehead atoms. The van der Waals surface area contributed by atoms with Gasteiger partial charge in [-0.2, -0.15) is 0 Å². The predicted octanol–water partition coefficient (Wildman–Crippen LogP) is 4.00. The zero-order valence-corrected chi connectivity index (χ0v) is 14.0. The quantitative estimate of drug-likeness (QED) is 0.788. The highest BCUT2D eigenvalue weighted by molar-refractivity contribution is 6.31. The minimum atomic E-state index is -0.0312. The van der Waals surface area contributed by atoms with Crippen LogP contribution in [0.3, 0.4) is 0 Å². The van der Waals surface area contributed by atoms with Crippen molar-refractivity contribution in [2.75, 3.05) is 13.2 Å². The molecule has 0 aromatic carbocycles. The summed E-state index contributed by atoms with van der Waals surface area (Å²) in [5.41, 5.74) is 1.13. The average Bonchev–Trinajstić information content (AvgIpc) is 2.95. The molecule has 21 heavy (non-hydrogen) atoms. The van der Waals surface area contributed by atoms with Crippen molar-refractivity contribution >= 4 is 11.6 Å². The molecular weight excluding hydrogens is 284 g/mol. The molecule has 0 amide bonds. The summed E-state index contributed by atoms with van der Waals surface area (Å²) in [7, 11) is 0. The lowest BCUT2D eigenvalue weighted by atomic mass is 9.87. The highest BCUT2D eigenvalue weighted by Gasteiger charge is 2.41. The first-order chi connectivity index (χ1) is 10.2. The fraction of sp³-hybridized carbons (Fsp3) is 0.706. The van der Waals surface area contributed by atoms with Gasteiger partial charge in [0.2, 0.25) is 0 Å². The zero-order valence-electron chi connectivity index (χ0n) is 13.2. The Bertz CT molecular complexity index is 433. The number of hydrogen-bond acceptors (Lipinski definition) is 3. The van der Waals surface area contributed by atoms with Crippen molar-refractivity contribution < 1.29 is 4.74 Å². The topological polar surface area (TPSA) is 34.2 Å². The van der Waals surface area contributed by atoms with E-state index in [1.165, 1.54) is 12.8 Å². The van der Waals surface area contributed by atoms with E-state index in [2.05, 4.69) is 24.1 Å². The molecule has 118 valence electrons. The fourth-order valence-electron chi connectivity index (χ4n) is 3.41. The number of nitrogens with one attached hydrogen (secondary N) is 1. The first kappa shape index (κ1) is 16.7. The molecule has 0 aliphatic heterocycles. The van der Waals surface area contributed by atoms with Crippen LogP contribution in [-0.4, -0.2) is 29.8 Å². The molecule has 4 heteroatoms. The SMILES string of the molecule is CCCNC(Cc1ccncc1Cl)C1(OCC)CCCC1. The van der Waals surface area contributed by atoms with Gasteiger partial charge < -0.3 is 10.1 Å². The molecule has 1 aliphatic carbocycles. The van der Waals surface area contributed by atoms with E-state index < -0.39 is 0 Å². The normalized spacial score (nSPS) is 18.8. The summed E-state index contributed by atoms with van der Waals surface area (Å²) in [5, 5.41) is 4.46. The molecule has 1 unspecified atom stereocenters. The standard InChI is InChI=1S/C17H27ClN2O/c1-3-10-20-16(12-14-7-11-19-13-15(14)18)17(21-4-2)8-5-6-9-17/h7,11,13,16,20H,3-6,8-10,12H2,1-2H3. The van der Waals surface area contributed by atoms with Crippen LogP contribution in [-0.2, 0) is 11.2 Å². The van der Waals surface area contributed by atoms with E-state index in [-0.39, 0.29) is 5.60 Å². The molecule has 1 saturated carbocycles. The maximum atomic E-state index is 6.30. The molecule has 0 spiro atoms. The molecule has 1 aromatic rings. The Morgan fingerprint density at radius 3 is 2.76 bits per heavy atom. The summed E-state index contributed by atoms with van der Waals surface area (Å²) in [4.78, 5) is 4.08. The highest BCUT2D eigenvalue weighted by atomic mass is 35.5. The molecule has 1 aliphatic rings. The highest BCUT2D eigenvalue weighted by Crippen LogP contribution is 2.38. The van der Waals surface area contributed by atoms with Crippen LogP contribution in [0.15, 0.2) is 18.5 Å². The van der Waals surface area contributed by atoms with Gasteiger partial charge in [0.15, 0.2) is 0 Å². The Labute approximate surface area is 133 Å². The van der Waals surface area contributed by atoms with Crippen molar-refractivity contribution in [2.45, 2.75) is 64.0 Å². The molecule has 1 N–H and O–H groups in total. The van der Waals surface area contributed by atoms with Gasteiger partial charge in [0, 0.05) is 25.0 Å². The van der Waals surface area contributed by atoms with Gasteiger partial charge in [-0.25, -0.2) is 0 Å². The largest absolute Gasteiger partial charge is 0.374 e. The molecule has 2 rings (SSSR count). The predicted molar refractivity (Wildman–Crippen MR) is 87.9 cm³/mol. The summed E-state index contributed by atoms with van der Waals surface area (Å²) in [6, 6.07) is 2.34. The molecule has 1 atom stereocenters. The van der Waals surface area contributed by atoms with Crippen LogP contribution < -0.4 is 5.32 Å². The van der Waals surface area contributed by atoms with Gasteiger partial charge in [-0.05, 0) is 50.8 Å². The Morgan fingerprint density at radius 2 is 2.14 bits per heavy atom. The van der Waals surface area contributed by atoms with Crippen molar-refractivity contribution in [1.82, 2.24) is 10.3 Å². The van der Waals surface area contributed by atoms with Gasteiger partial charge in [0.25, 0.3) is 0 Å². The Balaban J connectivity index is 2.18.